The van der Waals surface area contributed by atoms with Gasteiger partial charge in [-0.05, 0) is 19.1 Å². The van der Waals surface area contributed by atoms with Gasteiger partial charge in [-0.3, -0.25) is 4.79 Å². The number of nitrogens with zero attached hydrogens (tertiary/aromatic N) is 1. The van der Waals surface area contributed by atoms with Gasteiger partial charge in [0.25, 0.3) is 0 Å². The molecule has 0 N–H and O–H groups in total. The van der Waals surface area contributed by atoms with Crippen molar-refractivity contribution >= 4 is 22.5 Å². The van der Waals surface area contributed by atoms with Crippen molar-refractivity contribution in [2.45, 2.75) is 6.92 Å². The van der Waals surface area contributed by atoms with Crippen LogP contribution in [-0.4, -0.2) is 4.57 Å². The van der Waals surface area contributed by atoms with Gasteiger partial charge in [-0.2, -0.15) is 0 Å². The predicted octanol–water partition coefficient (Wildman–Crippen LogP) is 2.60. The lowest BCUT2D eigenvalue weighted by Crippen LogP contribution is -2.08. The Balaban J connectivity index is 2.89. The predicted molar refractivity (Wildman–Crippen MR) is 58.4 cm³/mol. The highest BCUT2D eigenvalue weighted by atomic mass is 35.5. The normalized spacial score (nSPS) is 11.1. The molecule has 71 valence electrons. The second-order valence-electron chi connectivity index (χ2n) is 3.06. The van der Waals surface area contributed by atoms with Gasteiger partial charge < -0.3 is 4.57 Å². The average Bonchev–Trinajstić information content (AvgIpc) is 2.18. The number of rotatable bonds is 1. The van der Waals surface area contributed by atoms with Gasteiger partial charge in [-0.25, -0.2) is 0 Å². The molecule has 0 bridgehead atoms. The van der Waals surface area contributed by atoms with Gasteiger partial charge in [0.15, 0.2) is 10.9 Å². The molecule has 0 saturated carbocycles. The van der Waals surface area contributed by atoms with E-state index in [1.807, 2.05) is 18.2 Å². The third-order valence-electron chi connectivity index (χ3n) is 2.14. The molecule has 0 spiro atoms. The van der Waals surface area contributed by atoms with Crippen molar-refractivity contribution in [2.24, 2.45) is 0 Å². The molecule has 2 aromatic rings. The number of hydrogen-bond donors (Lipinski definition) is 0. The van der Waals surface area contributed by atoms with Crippen LogP contribution in [0.5, 0.6) is 0 Å². The first-order chi connectivity index (χ1) is 6.70. The zero-order valence-corrected chi connectivity index (χ0v) is 8.45. The van der Waals surface area contributed by atoms with Crippen molar-refractivity contribution in [3.63, 3.8) is 0 Å². The van der Waals surface area contributed by atoms with E-state index in [0.717, 1.165) is 5.52 Å². The van der Waals surface area contributed by atoms with E-state index in [9.17, 15) is 4.79 Å². The van der Waals surface area contributed by atoms with Gasteiger partial charge in [0, 0.05) is 17.6 Å². The molecule has 14 heavy (non-hydrogen) atoms. The second kappa shape index (κ2) is 3.46. The van der Waals surface area contributed by atoms with Gasteiger partial charge in [-0.1, -0.05) is 23.7 Å². The Labute approximate surface area is 86.7 Å². The van der Waals surface area contributed by atoms with Crippen LogP contribution in [-0.2, 0) is 0 Å². The van der Waals surface area contributed by atoms with Crippen LogP contribution in [0.25, 0.3) is 10.9 Å². The van der Waals surface area contributed by atoms with Crippen molar-refractivity contribution in [1.29, 1.82) is 0 Å². The van der Waals surface area contributed by atoms with Crippen molar-refractivity contribution in [3.05, 3.63) is 52.3 Å². The highest BCUT2D eigenvalue weighted by Crippen LogP contribution is 2.16. The van der Waals surface area contributed by atoms with E-state index in [1.54, 1.807) is 23.8 Å². The van der Waals surface area contributed by atoms with Crippen molar-refractivity contribution in [1.82, 2.24) is 4.57 Å². The minimum atomic E-state index is 0.0229. The number of benzene rings is 1. The molecular formula is C11H9ClNO. The van der Waals surface area contributed by atoms with Gasteiger partial charge in [0.05, 0.1) is 5.52 Å². The van der Waals surface area contributed by atoms with Gasteiger partial charge >= 0.3 is 0 Å². The first-order valence-electron chi connectivity index (χ1n) is 4.30. The minimum absolute atomic E-state index is 0.0229. The number of fused-ring (bicyclic) bond motifs is 1. The zero-order chi connectivity index (χ0) is 10.1. The molecule has 2 rings (SSSR count). The Bertz CT molecular complexity index is 516. The maximum Gasteiger partial charge on any atom is 0.189 e. The first kappa shape index (κ1) is 9.28. The molecule has 0 amide bonds. The Morgan fingerprint density at radius 3 is 2.71 bits per heavy atom. The number of hydrogen-bond acceptors (Lipinski definition) is 1. The number of para-hydroxylation sites is 1. The van der Waals surface area contributed by atoms with Gasteiger partial charge in [0.1, 0.15) is 0 Å². The molecule has 3 heteroatoms. The second-order valence-corrected chi connectivity index (χ2v) is 3.61. The molecule has 1 aromatic heterocycles. The first-order valence-corrected chi connectivity index (χ1v) is 4.68. The Hall–Kier alpha value is -1.28. The third kappa shape index (κ3) is 1.42. The summed E-state index contributed by atoms with van der Waals surface area (Å²) >= 11 is 5.91. The summed E-state index contributed by atoms with van der Waals surface area (Å²) in [5, 5.41) is 0.690. The van der Waals surface area contributed by atoms with Crippen LogP contribution in [0.4, 0.5) is 0 Å². The zero-order valence-electron chi connectivity index (χ0n) is 7.70. The molecule has 0 aliphatic carbocycles. The average molecular weight is 207 g/mol. The summed E-state index contributed by atoms with van der Waals surface area (Å²) in [6, 6.07) is 8.93. The molecule has 1 heterocycles. The van der Waals surface area contributed by atoms with E-state index in [1.165, 1.54) is 6.07 Å². The lowest BCUT2D eigenvalue weighted by Gasteiger charge is -2.10. The number of pyridine rings is 1. The number of aromatic nitrogens is 1. The van der Waals surface area contributed by atoms with E-state index < -0.39 is 0 Å². The van der Waals surface area contributed by atoms with E-state index in [-0.39, 0.29) is 5.43 Å². The third-order valence-corrected chi connectivity index (χ3v) is 2.32. The lowest BCUT2D eigenvalue weighted by atomic mass is 10.2. The molecule has 0 atom stereocenters. The van der Waals surface area contributed by atoms with Gasteiger partial charge in [0.2, 0.25) is 0 Å². The molecular weight excluding hydrogens is 198 g/mol. The highest BCUT2D eigenvalue weighted by molar-refractivity contribution is 6.26. The maximum absolute atomic E-state index is 11.5. The smallest absolute Gasteiger partial charge is 0.189 e. The molecule has 0 aliphatic rings. The van der Waals surface area contributed by atoms with Crippen molar-refractivity contribution in [2.75, 3.05) is 0 Å². The quantitative estimate of drug-likeness (QED) is 0.703. The Morgan fingerprint density at radius 1 is 1.29 bits per heavy atom. The fourth-order valence-corrected chi connectivity index (χ4v) is 1.62. The van der Waals surface area contributed by atoms with Crippen LogP contribution in [0.1, 0.15) is 6.92 Å². The van der Waals surface area contributed by atoms with E-state index in [4.69, 9.17) is 11.6 Å². The van der Waals surface area contributed by atoms with Crippen molar-refractivity contribution in [3.8, 4) is 0 Å². The summed E-state index contributed by atoms with van der Waals surface area (Å²) < 4.78 is 1.79. The fourth-order valence-electron chi connectivity index (χ4n) is 1.47. The Kier molecular flexibility index (Phi) is 2.30. The summed E-state index contributed by atoms with van der Waals surface area (Å²) in [6.07, 6.45) is 1.69. The van der Waals surface area contributed by atoms with Crippen LogP contribution in [0.3, 0.4) is 0 Å². The fraction of sp³-hybridized carbons (Fsp3) is 0.0909. The van der Waals surface area contributed by atoms with Crippen LogP contribution in [0.2, 0.25) is 0 Å². The molecule has 0 unspecified atom stereocenters. The molecule has 1 aromatic carbocycles. The number of halogens is 1. The standard InChI is InChI=1S/C11H9ClNO/c1-8(12)13-7-6-11(14)9-4-2-3-5-10(9)13/h2-7H,1H3. The molecule has 2 nitrogen and oxygen atoms in total. The minimum Gasteiger partial charge on any atom is -0.325 e. The Morgan fingerprint density at radius 2 is 2.00 bits per heavy atom. The molecule has 1 radical (unpaired) electrons. The van der Waals surface area contributed by atoms with Gasteiger partial charge in [-0.15, -0.1) is 0 Å². The summed E-state index contributed by atoms with van der Waals surface area (Å²) in [5.41, 5.74) is 1.49. The van der Waals surface area contributed by atoms with E-state index >= 15 is 0 Å². The van der Waals surface area contributed by atoms with Crippen molar-refractivity contribution < 1.29 is 0 Å². The largest absolute Gasteiger partial charge is 0.325 e. The highest BCUT2D eigenvalue weighted by Gasteiger charge is 2.05. The summed E-state index contributed by atoms with van der Waals surface area (Å²) in [5.74, 6) is 0. The molecule has 0 saturated heterocycles. The summed E-state index contributed by atoms with van der Waals surface area (Å²) in [6.45, 7) is 1.79. The maximum atomic E-state index is 11.5. The SMILES string of the molecule is C[C](Cl)n1ccc(=O)c2ccccc21. The van der Waals surface area contributed by atoms with E-state index in [0.29, 0.717) is 10.9 Å². The summed E-state index contributed by atoms with van der Waals surface area (Å²) in [4.78, 5) is 11.5. The van der Waals surface area contributed by atoms with Crippen LogP contribution >= 0.6 is 11.6 Å². The van der Waals surface area contributed by atoms with Crippen LogP contribution in [0.15, 0.2) is 41.3 Å². The van der Waals surface area contributed by atoms with Crippen LogP contribution < -0.4 is 5.43 Å². The molecule has 0 fully saturated rings. The monoisotopic (exact) mass is 206 g/mol. The summed E-state index contributed by atoms with van der Waals surface area (Å²) in [7, 11) is 0. The van der Waals surface area contributed by atoms with E-state index in [2.05, 4.69) is 0 Å². The molecule has 0 aliphatic heterocycles. The topological polar surface area (TPSA) is 22.0 Å². The van der Waals surface area contributed by atoms with Crippen LogP contribution in [0, 0.1) is 5.50 Å². The lowest BCUT2D eigenvalue weighted by molar-refractivity contribution is 0.947.